The maximum absolute atomic E-state index is 12.2. The fourth-order valence-corrected chi connectivity index (χ4v) is 1.97. The molecule has 19 heavy (non-hydrogen) atoms. The highest BCUT2D eigenvalue weighted by Crippen LogP contribution is 2.14. The number of rotatable bonds is 4. The average Bonchev–Trinajstić information content (AvgIpc) is 2.81. The first-order valence-corrected chi connectivity index (χ1v) is 6.28. The predicted octanol–water partition coefficient (Wildman–Crippen LogP) is 1.98. The second-order valence-corrected chi connectivity index (χ2v) is 4.43. The Hall–Kier alpha value is -2.30. The largest absolute Gasteiger partial charge is 0.397 e. The normalized spacial score (nSPS) is 12.1. The Bertz CT molecular complexity index is 562. The van der Waals surface area contributed by atoms with E-state index in [-0.39, 0.29) is 11.9 Å². The van der Waals surface area contributed by atoms with Crippen LogP contribution in [0.25, 0.3) is 0 Å². The second kappa shape index (κ2) is 5.56. The molecule has 0 saturated carbocycles. The minimum absolute atomic E-state index is 0.0948. The number of anilines is 1. The van der Waals surface area contributed by atoms with Gasteiger partial charge in [0, 0.05) is 25.1 Å². The summed E-state index contributed by atoms with van der Waals surface area (Å²) in [5.74, 6) is -0.130. The summed E-state index contributed by atoms with van der Waals surface area (Å²) in [6.07, 6.45) is 5.23. The van der Waals surface area contributed by atoms with Gasteiger partial charge in [0.2, 0.25) is 0 Å². The molecule has 0 saturated heterocycles. The molecule has 5 heteroatoms. The molecule has 2 heterocycles. The number of aryl methyl sites for hydroxylation is 1. The smallest absolute Gasteiger partial charge is 0.268 e. The summed E-state index contributed by atoms with van der Waals surface area (Å²) >= 11 is 0. The fraction of sp³-hybridized carbons (Fsp3) is 0.286. The van der Waals surface area contributed by atoms with Gasteiger partial charge in [0.05, 0.1) is 11.7 Å². The molecule has 3 N–H and O–H groups in total. The molecule has 1 amide bonds. The van der Waals surface area contributed by atoms with Crippen molar-refractivity contribution in [2.24, 2.45) is 0 Å². The predicted molar refractivity (Wildman–Crippen MR) is 74.6 cm³/mol. The number of carbonyl (C=O) groups excluding carboxylic acids is 1. The van der Waals surface area contributed by atoms with E-state index in [1.807, 2.05) is 30.5 Å². The van der Waals surface area contributed by atoms with Crippen LogP contribution in [0.1, 0.15) is 35.9 Å². The molecule has 1 atom stereocenters. The highest BCUT2D eigenvalue weighted by Gasteiger charge is 2.15. The van der Waals surface area contributed by atoms with E-state index < -0.39 is 0 Å². The maximum atomic E-state index is 12.2. The molecule has 2 aromatic heterocycles. The first-order chi connectivity index (χ1) is 9.11. The van der Waals surface area contributed by atoms with Crippen LogP contribution in [0.4, 0.5) is 5.69 Å². The molecule has 2 rings (SSSR count). The zero-order valence-corrected chi connectivity index (χ0v) is 11.1. The van der Waals surface area contributed by atoms with Crippen LogP contribution in [0.2, 0.25) is 0 Å². The SMILES string of the molecule is CCn1cc(N)cc1C(=O)NC(C)c1cccnc1. The Morgan fingerprint density at radius 1 is 1.58 bits per heavy atom. The quantitative estimate of drug-likeness (QED) is 0.880. The highest BCUT2D eigenvalue weighted by molar-refractivity contribution is 5.94. The number of nitrogen functional groups attached to an aromatic ring is 1. The van der Waals surface area contributed by atoms with Crippen molar-refractivity contribution in [3.63, 3.8) is 0 Å². The number of nitrogens with zero attached hydrogens (tertiary/aromatic N) is 2. The Morgan fingerprint density at radius 3 is 3.00 bits per heavy atom. The van der Waals surface area contributed by atoms with E-state index in [2.05, 4.69) is 10.3 Å². The zero-order chi connectivity index (χ0) is 13.8. The van der Waals surface area contributed by atoms with E-state index in [0.717, 1.165) is 5.56 Å². The molecule has 100 valence electrons. The van der Waals surface area contributed by atoms with E-state index in [4.69, 9.17) is 5.73 Å². The minimum atomic E-state index is -0.130. The van der Waals surface area contributed by atoms with Crippen LogP contribution in [0.5, 0.6) is 0 Å². The van der Waals surface area contributed by atoms with Gasteiger partial charge in [-0.3, -0.25) is 9.78 Å². The van der Waals surface area contributed by atoms with Gasteiger partial charge >= 0.3 is 0 Å². The van der Waals surface area contributed by atoms with Gasteiger partial charge in [-0.2, -0.15) is 0 Å². The van der Waals surface area contributed by atoms with Crippen LogP contribution < -0.4 is 11.1 Å². The molecule has 2 aromatic rings. The summed E-state index contributed by atoms with van der Waals surface area (Å²) in [6, 6.07) is 5.38. The molecule has 0 aliphatic rings. The molecule has 5 nitrogen and oxygen atoms in total. The summed E-state index contributed by atoms with van der Waals surface area (Å²) in [5.41, 5.74) is 7.87. The second-order valence-electron chi connectivity index (χ2n) is 4.43. The van der Waals surface area contributed by atoms with Gasteiger partial charge < -0.3 is 15.6 Å². The Morgan fingerprint density at radius 2 is 2.37 bits per heavy atom. The molecule has 0 spiro atoms. The number of hydrogen-bond donors (Lipinski definition) is 2. The van der Waals surface area contributed by atoms with Crippen LogP contribution in [0.3, 0.4) is 0 Å². The van der Waals surface area contributed by atoms with E-state index >= 15 is 0 Å². The van der Waals surface area contributed by atoms with Crippen molar-refractivity contribution in [3.05, 3.63) is 48.0 Å². The highest BCUT2D eigenvalue weighted by atomic mass is 16.2. The number of pyridine rings is 1. The monoisotopic (exact) mass is 258 g/mol. The summed E-state index contributed by atoms with van der Waals surface area (Å²) in [7, 11) is 0. The van der Waals surface area contributed by atoms with Crippen LogP contribution in [0, 0.1) is 0 Å². The van der Waals surface area contributed by atoms with Crippen molar-refractivity contribution >= 4 is 11.6 Å². The van der Waals surface area contributed by atoms with Crippen molar-refractivity contribution in [3.8, 4) is 0 Å². The number of amides is 1. The molecule has 0 bridgehead atoms. The zero-order valence-electron chi connectivity index (χ0n) is 11.1. The summed E-state index contributed by atoms with van der Waals surface area (Å²) < 4.78 is 1.83. The van der Waals surface area contributed by atoms with E-state index in [9.17, 15) is 4.79 Å². The number of hydrogen-bond acceptors (Lipinski definition) is 3. The number of carbonyl (C=O) groups is 1. The molecule has 1 unspecified atom stereocenters. The Kier molecular flexibility index (Phi) is 3.85. The third kappa shape index (κ3) is 2.93. The van der Waals surface area contributed by atoms with Crippen LogP contribution >= 0.6 is 0 Å². The number of nitrogens with two attached hydrogens (primary N) is 1. The lowest BCUT2D eigenvalue weighted by Gasteiger charge is -2.14. The molecular weight excluding hydrogens is 240 g/mol. The van der Waals surface area contributed by atoms with Gasteiger partial charge in [-0.25, -0.2) is 0 Å². The lowest BCUT2D eigenvalue weighted by molar-refractivity contribution is 0.0930. The van der Waals surface area contributed by atoms with E-state index in [1.54, 1.807) is 24.7 Å². The topological polar surface area (TPSA) is 72.9 Å². The van der Waals surface area contributed by atoms with Gasteiger partial charge in [-0.15, -0.1) is 0 Å². The van der Waals surface area contributed by atoms with Crippen molar-refractivity contribution < 1.29 is 4.79 Å². The van der Waals surface area contributed by atoms with Crippen LogP contribution in [-0.2, 0) is 6.54 Å². The Labute approximate surface area is 112 Å². The summed E-state index contributed by atoms with van der Waals surface area (Å²) in [4.78, 5) is 16.3. The van der Waals surface area contributed by atoms with Gasteiger partial charge in [-0.1, -0.05) is 6.07 Å². The van der Waals surface area contributed by atoms with Crippen LogP contribution in [-0.4, -0.2) is 15.5 Å². The lowest BCUT2D eigenvalue weighted by Crippen LogP contribution is -2.28. The Balaban J connectivity index is 2.13. The standard InChI is InChI=1S/C14H18N4O/c1-3-18-9-12(15)7-13(18)14(19)17-10(2)11-5-4-6-16-8-11/h4-10H,3,15H2,1-2H3,(H,17,19). The van der Waals surface area contributed by atoms with Crippen molar-refractivity contribution in [2.75, 3.05) is 5.73 Å². The fourth-order valence-electron chi connectivity index (χ4n) is 1.97. The van der Waals surface area contributed by atoms with Crippen molar-refractivity contribution in [2.45, 2.75) is 26.4 Å². The van der Waals surface area contributed by atoms with Gasteiger partial charge in [0.15, 0.2) is 0 Å². The molecule has 0 radical (unpaired) electrons. The third-order valence-electron chi connectivity index (χ3n) is 3.02. The van der Waals surface area contributed by atoms with Gasteiger partial charge in [0.25, 0.3) is 5.91 Å². The van der Waals surface area contributed by atoms with E-state index in [0.29, 0.717) is 17.9 Å². The summed E-state index contributed by atoms with van der Waals surface area (Å²) in [6.45, 7) is 4.61. The lowest BCUT2D eigenvalue weighted by atomic mass is 10.1. The molecule has 0 aliphatic heterocycles. The first kappa shape index (κ1) is 13.1. The number of nitrogens with one attached hydrogen (secondary N) is 1. The third-order valence-corrected chi connectivity index (χ3v) is 3.02. The van der Waals surface area contributed by atoms with Gasteiger partial charge in [-0.05, 0) is 31.5 Å². The molecule has 0 fully saturated rings. The van der Waals surface area contributed by atoms with Crippen molar-refractivity contribution in [1.29, 1.82) is 0 Å². The van der Waals surface area contributed by atoms with E-state index in [1.165, 1.54) is 0 Å². The van der Waals surface area contributed by atoms with Gasteiger partial charge in [0.1, 0.15) is 5.69 Å². The molecular formula is C14H18N4O. The maximum Gasteiger partial charge on any atom is 0.268 e. The molecule has 0 aromatic carbocycles. The first-order valence-electron chi connectivity index (χ1n) is 6.28. The average molecular weight is 258 g/mol. The van der Waals surface area contributed by atoms with Crippen LogP contribution in [0.15, 0.2) is 36.8 Å². The number of aromatic nitrogens is 2. The summed E-state index contributed by atoms with van der Waals surface area (Å²) in [5, 5.41) is 2.95. The minimum Gasteiger partial charge on any atom is -0.397 e. The van der Waals surface area contributed by atoms with Crippen molar-refractivity contribution in [1.82, 2.24) is 14.9 Å². The molecule has 0 aliphatic carbocycles.